The Morgan fingerprint density at radius 3 is 2.90 bits per heavy atom. The summed E-state index contributed by atoms with van der Waals surface area (Å²) in [6, 6.07) is 0.384. The minimum atomic E-state index is -1.40. The Morgan fingerprint density at radius 2 is 2.13 bits per heavy atom. The summed E-state index contributed by atoms with van der Waals surface area (Å²) in [6.07, 6.45) is -0.427. The normalized spacial score (nSPS) is 41.1. The van der Waals surface area contributed by atoms with Crippen molar-refractivity contribution in [3.63, 3.8) is 0 Å². The molecule has 2 aliphatic carbocycles. The molecule has 4 heterocycles. The number of aliphatic hydroxyl groups excluding tert-OH is 2. The van der Waals surface area contributed by atoms with Crippen molar-refractivity contribution >= 4 is 34.8 Å². The molecule has 0 spiro atoms. The fourth-order valence-corrected chi connectivity index (χ4v) is 6.85. The Morgan fingerprint density at radius 1 is 1.27 bits per heavy atom. The molecule has 2 bridgehead atoms. The molecule has 2 aromatic heterocycles. The SMILES string of the molecule is CNC(=O)O[C@H]1O[C@@H](n2cnc3c(N[C@H]4C[C@@H]5C[C@@H]4C4SC45)ncnc32)[C@H](O)[C@@H]1O. The third-order valence-corrected chi connectivity index (χ3v) is 8.31. The molecular formula is C18H22N6O5S. The van der Waals surface area contributed by atoms with E-state index < -0.39 is 30.8 Å². The van der Waals surface area contributed by atoms with E-state index >= 15 is 0 Å². The first-order valence-corrected chi connectivity index (χ1v) is 11.0. The summed E-state index contributed by atoms with van der Waals surface area (Å²) >= 11 is 2.10. The minimum Gasteiger partial charge on any atom is -0.417 e. The highest BCUT2D eigenvalue weighted by molar-refractivity contribution is 8.07. The van der Waals surface area contributed by atoms with Crippen LogP contribution in [-0.2, 0) is 9.47 Å². The fourth-order valence-electron chi connectivity index (χ4n) is 5.21. The zero-order chi connectivity index (χ0) is 20.6. The number of fused-ring (bicyclic) bond motifs is 6. The summed E-state index contributed by atoms with van der Waals surface area (Å²) in [4.78, 5) is 24.6. The summed E-state index contributed by atoms with van der Waals surface area (Å²) in [5.74, 6) is 2.14. The van der Waals surface area contributed by atoms with E-state index in [-0.39, 0.29) is 0 Å². The van der Waals surface area contributed by atoms with Gasteiger partial charge in [0.15, 0.2) is 23.2 Å². The maximum absolute atomic E-state index is 11.5. The largest absolute Gasteiger partial charge is 0.417 e. The molecule has 4 fully saturated rings. The molecule has 0 aromatic carbocycles. The number of aromatic nitrogens is 4. The highest BCUT2D eigenvalue weighted by Gasteiger charge is 2.62. The number of hydrogen-bond donors (Lipinski definition) is 4. The predicted octanol–water partition coefficient (Wildman–Crippen LogP) is 0.0633. The molecule has 2 saturated heterocycles. The number of thioether (sulfide) groups is 1. The molecule has 1 amide bonds. The number of anilines is 1. The number of aliphatic hydroxyl groups is 2. The molecule has 2 unspecified atom stereocenters. The number of imidazole rings is 1. The maximum atomic E-state index is 11.5. The average molecular weight is 434 g/mol. The molecule has 2 aromatic rings. The van der Waals surface area contributed by atoms with Crippen molar-refractivity contribution in [2.45, 2.75) is 54.1 Å². The van der Waals surface area contributed by atoms with Crippen molar-refractivity contribution in [2.75, 3.05) is 12.4 Å². The first-order chi connectivity index (χ1) is 14.5. The van der Waals surface area contributed by atoms with Gasteiger partial charge in [-0.25, -0.2) is 19.7 Å². The van der Waals surface area contributed by atoms with Crippen LogP contribution in [0, 0.1) is 11.8 Å². The van der Waals surface area contributed by atoms with Crippen LogP contribution in [-0.4, -0.2) is 77.9 Å². The van der Waals surface area contributed by atoms with Gasteiger partial charge in [0.25, 0.3) is 0 Å². The Kier molecular flexibility index (Phi) is 4.14. The van der Waals surface area contributed by atoms with Gasteiger partial charge in [0, 0.05) is 23.6 Å². The van der Waals surface area contributed by atoms with Crippen LogP contribution in [0.5, 0.6) is 0 Å². The van der Waals surface area contributed by atoms with Gasteiger partial charge >= 0.3 is 6.09 Å². The molecule has 12 heteroatoms. The van der Waals surface area contributed by atoms with Gasteiger partial charge < -0.3 is 30.3 Å². The summed E-state index contributed by atoms with van der Waals surface area (Å²) in [5.41, 5.74) is 1.03. The highest BCUT2D eigenvalue weighted by atomic mass is 32.2. The summed E-state index contributed by atoms with van der Waals surface area (Å²) in [7, 11) is 1.39. The molecular weight excluding hydrogens is 412 g/mol. The van der Waals surface area contributed by atoms with Crippen LogP contribution in [0.15, 0.2) is 12.7 Å². The number of carbonyl (C=O) groups is 1. The van der Waals surface area contributed by atoms with Crippen LogP contribution in [0.2, 0.25) is 0 Å². The van der Waals surface area contributed by atoms with Crippen molar-refractivity contribution < 1.29 is 24.5 Å². The Bertz CT molecular complexity index is 1000. The number of carbonyl (C=O) groups excluding carboxylic acids is 1. The van der Waals surface area contributed by atoms with Crippen molar-refractivity contribution in [1.82, 2.24) is 24.8 Å². The number of rotatable bonds is 4. The molecule has 2 aliphatic heterocycles. The topological polar surface area (TPSA) is 144 Å². The van der Waals surface area contributed by atoms with Gasteiger partial charge in [-0.1, -0.05) is 0 Å². The van der Waals surface area contributed by atoms with Crippen LogP contribution in [0.4, 0.5) is 10.6 Å². The Labute approximate surface area is 175 Å². The van der Waals surface area contributed by atoms with Gasteiger partial charge in [0.2, 0.25) is 6.29 Å². The van der Waals surface area contributed by atoms with Crippen LogP contribution in [0.3, 0.4) is 0 Å². The van der Waals surface area contributed by atoms with E-state index in [1.54, 1.807) is 0 Å². The average Bonchev–Trinajstić information content (AvgIpc) is 3.00. The highest BCUT2D eigenvalue weighted by Crippen LogP contribution is 2.65. The lowest BCUT2D eigenvalue weighted by atomic mass is 9.95. The van der Waals surface area contributed by atoms with Crippen LogP contribution >= 0.6 is 11.8 Å². The standard InChI is InChI=1S/C18H22N6O5S/c1-19-18(27)29-17-11(26)10(25)16(28-17)24-5-22-9-14(20-4-21-15(9)24)23-8-3-6-2-7(8)13-12(6)30-13/h4-8,10-13,16-17,25-26H,2-3H2,1H3,(H,19,27)(H,20,21,23)/t6-,7-,8-,10+,11-,12?,13?,16+,17+/m0/s1. The third kappa shape index (κ3) is 2.70. The van der Waals surface area contributed by atoms with E-state index in [0.29, 0.717) is 28.9 Å². The smallest absolute Gasteiger partial charge is 0.409 e. The first kappa shape index (κ1) is 18.6. The van der Waals surface area contributed by atoms with Gasteiger partial charge in [-0.3, -0.25) is 4.57 Å². The molecule has 30 heavy (non-hydrogen) atoms. The van der Waals surface area contributed by atoms with E-state index in [1.807, 2.05) is 0 Å². The minimum absolute atomic E-state index is 0.384. The second-order valence-electron chi connectivity index (χ2n) is 8.29. The third-order valence-electron chi connectivity index (χ3n) is 6.67. The van der Waals surface area contributed by atoms with E-state index in [2.05, 4.69) is 37.3 Å². The second-order valence-corrected chi connectivity index (χ2v) is 9.65. The van der Waals surface area contributed by atoms with Crippen molar-refractivity contribution in [2.24, 2.45) is 11.8 Å². The van der Waals surface area contributed by atoms with E-state index in [1.165, 1.54) is 30.7 Å². The number of nitrogens with one attached hydrogen (secondary N) is 2. The molecule has 9 atom stereocenters. The molecule has 11 nitrogen and oxygen atoms in total. The van der Waals surface area contributed by atoms with Gasteiger partial charge in [0.05, 0.1) is 6.33 Å². The number of amides is 1. The summed E-state index contributed by atoms with van der Waals surface area (Å²) < 4.78 is 12.1. The van der Waals surface area contributed by atoms with Gasteiger partial charge in [-0.2, -0.15) is 11.8 Å². The van der Waals surface area contributed by atoms with Gasteiger partial charge in [-0.15, -0.1) is 0 Å². The van der Waals surface area contributed by atoms with Crippen LogP contribution < -0.4 is 10.6 Å². The van der Waals surface area contributed by atoms with Crippen molar-refractivity contribution in [1.29, 1.82) is 0 Å². The quantitative estimate of drug-likeness (QED) is 0.488. The van der Waals surface area contributed by atoms with E-state index in [9.17, 15) is 15.0 Å². The van der Waals surface area contributed by atoms with Crippen LogP contribution in [0.1, 0.15) is 19.1 Å². The van der Waals surface area contributed by atoms with Crippen molar-refractivity contribution in [3.8, 4) is 0 Å². The van der Waals surface area contributed by atoms with Crippen molar-refractivity contribution in [3.05, 3.63) is 12.7 Å². The summed E-state index contributed by atoms with van der Waals surface area (Å²) in [5, 5.41) is 28.2. The monoisotopic (exact) mass is 434 g/mol. The summed E-state index contributed by atoms with van der Waals surface area (Å²) in [6.45, 7) is 0. The number of nitrogens with zero attached hydrogens (tertiary/aromatic N) is 4. The Hall–Kier alpha value is -2.15. The molecule has 0 radical (unpaired) electrons. The van der Waals surface area contributed by atoms with Gasteiger partial charge in [-0.05, 0) is 24.7 Å². The Balaban J connectivity index is 1.25. The zero-order valence-corrected chi connectivity index (χ0v) is 16.9. The van der Waals surface area contributed by atoms with E-state index in [0.717, 1.165) is 22.8 Å². The lowest BCUT2D eigenvalue weighted by Crippen LogP contribution is -2.36. The first-order valence-electron chi connectivity index (χ1n) is 10.0. The fraction of sp³-hybridized carbons (Fsp3) is 0.667. The molecule has 4 N–H and O–H groups in total. The predicted molar refractivity (Wildman–Crippen MR) is 106 cm³/mol. The molecule has 2 saturated carbocycles. The maximum Gasteiger partial charge on any atom is 0.409 e. The van der Waals surface area contributed by atoms with Crippen LogP contribution in [0.25, 0.3) is 11.2 Å². The second kappa shape index (κ2) is 6.67. The molecule has 6 rings (SSSR count). The number of alkyl carbamates (subject to hydrolysis) is 1. The number of ether oxygens (including phenoxy) is 2. The van der Waals surface area contributed by atoms with E-state index in [4.69, 9.17) is 9.47 Å². The zero-order valence-electron chi connectivity index (χ0n) is 16.1. The van der Waals surface area contributed by atoms with Gasteiger partial charge in [0.1, 0.15) is 18.5 Å². The number of hydrogen-bond acceptors (Lipinski definition) is 10. The lowest BCUT2D eigenvalue weighted by Gasteiger charge is -2.22. The lowest BCUT2D eigenvalue weighted by molar-refractivity contribution is -0.142. The molecule has 4 aliphatic rings. The molecule has 160 valence electrons.